The lowest BCUT2D eigenvalue weighted by Gasteiger charge is -2.13. The van der Waals surface area contributed by atoms with Crippen molar-refractivity contribution < 1.29 is 0 Å². The topological polar surface area (TPSA) is 75.6 Å². The Bertz CT molecular complexity index is 817. The van der Waals surface area contributed by atoms with E-state index in [1.54, 1.807) is 6.20 Å². The van der Waals surface area contributed by atoms with Crippen LogP contribution in [-0.4, -0.2) is 26.0 Å². The molecular weight excluding hydrogens is 300 g/mol. The molecule has 2 N–H and O–H groups in total. The molecule has 122 valence electrons. The largest absolute Gasteiger partial charge is 0.368 e. The monoisotopic (exact) mass is 320 g/mol. The molecule has 0 saturated heterocycles. The first-order chi connectivity index (χ1) is 11.6. The molecule has 0 aliphatic rings. The smallest absolute Gasteiger partial charge is 0.182 e. The number of rotatable bonds is 5. The lowest BCUT2D eigenvalue weighted by Crippen LogP contribution is -2.12. The van der Waals surface area contributed by atoms with Crippen molar-refractivity contribution in [3.05, 3.63) is 54.4 Å². The zero-order valence-corrected chi connectivity index (χ0v) is 14.0. The van der Waals surface area contributed by atoms with Crippen molar-refractivity contribution in [1.29, 1.82) is 0 Å². The Labute approximate surface area is 141 Å². The standard InChI is InChI=1S/C18H20N6/c1-12(2)20-16-11-17(22-15-9-4-5-10-19-15)24-18(23-16)14-8-6-7-13(3)21-14/h4-12H,1-3H3,(H2,19,20,22,23,24). The van der Waals surface area contributed by atoms with Gasteiger partial charge in [-0.1, -0.05) is 12.1 Å². The fourth-order valence-corrected chi connectivity index (χ4v) is 2.23. The number of aryl methyl sites for hydroxylation is 1. The average Bonchev–Trinajstić information content (AvgIpc) is 2.55. The highest BCUT2D eigenvalue weighted by atomic mass is 15.1. The van der Waals surface area contributed by atoms with E-state index in [4.69, 9.17) is 0 Å². The third-order valence-electron chi connectivity index (χ3n) is 3.20. The van der Waals surface area contributed by atoms with Crippen LogP contribution in [0, 0.1) is 6.92 Å². The molecule has 3 rings (SSSR count). The summed E-state index contributed by atoms with van der Waals surface area (Å²) < 4.78 is 0. The first-order valence-corrected chi connectivity index (χ1v) is 7.88. The van der Waals surface area contributed by atoms with Gasteiger partial charge in [0.15, 0.2) is 5.82 Å². The van der Waals surface area contributed by atoms with Gasteiger partial charge in [0.25, 0.3) is 0 Å². The van der Waals surface area contributed by atoms with Crippen LogP contribution < -0.4 is 10.6 Å². The number of aromatic nitrogens is 4. The molecule has 3 heterocycles. The molecule has 0 aliphatic heterocycles. The summed E-state index contributed by atoms with van der Waals surface area (Å²) >= 11 is 0. The van der Waals surface area contributed by atoms with E-state index in [0.717, 1.165) is 23.0 Å². The van der Waals surface area contributed by atoms with Crippen molar-refractivity contribution in [2.24, 2.45) is 0 Å². The number of nitrogens with zero attached hydrogens (tertiary/aromatic N) is 4. The molecule has 0 atom stereocenters. The van der Waals surface area contributed by atoms with E-state index >= 15 is 0 Å². The van der Waals surface area contributed by atoms with Gasteiger partial charge in [0.05, 0.1) is 0 Å². The molecule has 0 radical (unpaired) electrons. The second-order valence-electron chi connectivity index (χ2n) is 5.77. The SMILES string of the molecule is Cc1cccc(-c2nc(Nc3ccccn3)cc(NC(C)C)n2)n1. The normalized spacial score (nSPS) is 10.7. The van der Waals surface area contributed by atoms with Crippen LogP contribution >= 0.6 is 0 Å². The summed E-state index contributed by atoms with van der Waals surface area (Å²) in [5.74, 6) is 2.72. The highest BCUT2D eigenvalue weighted by Gasteiger charge is 2.10. The first kappa shape index (κ1) is 15.9. The lowest BCUT2D eigenvalue weighted by atomic mass is 10.3. The maximum atomic E-state index is 4.58. The minimum atomic E-state index is 0.265. The summed E-state index contributed by atoms with van der Waals surface area (Å²) in [6, 6.07) is 13.6. The van der Waals surface area contributed by atoms with Gasteiger partial charge in [-0.05, 0) is 45.0 Å². The van der Waals surface area contributed by atoms with E-state index in [2.05, 4.69) is 44.4 Å². The average molecular weight is 320 g/mol. The first-order valence-electron chi connectivity index (χ1n) is 7.88. The third-order valence-corrected chi connectivity index (χ3v) is 3.20. The quantitative estimate of drug-likeness (QED) is 0.744. The highest BCUT2D eigenvalue weighted by Crippen LogP contribution is 2.21. The fourth-order valence-electron chi connectivity index (χ4n) is 2.23. The van der Waals surface area contributed by atoms with E-state index in [9.17, 15) is 0 Å². The van der Waals surface area contributed by atoms with Crippen LogP contribution in [0.2, 0.25) is 0 Å². The highest BCUT2D eigenvalue weighted by molar-refractivity contribution is 5.62. The van der Waals surface area contributed by atoms with Gasteiger partial charge in [0.2, 0.25) is 0 Å². The van der Waals surface area contributed by atoms with Gasteiger partial charge in [-0.2, -0.15) is 0 Å². The molecule has 3 aromatic rings. The van der Waals surface area contributed by atoms with Gasteiger partial charge < -0.3 is 10.6 Å². The van der Waals surface area contributed by atoms with Crippen LogP contribution in [0.25, 0.3) is 11.5 Å². The molecule has 24 heavy (non-hydrogen) atoms. The van der Waals surface area contributed by atoms with E-state index < -0.39 is 0 Å². The van der Waals surface area contributed by atoms with Crippen molar-refractivity contribution in [2.75, 3.05) is 10.6 Å². The van der Waals surface area contributed by atoms with Gasteiger partial charge in [0, 0.05) is 24.0 Å². The zero-order chi connectivity index (χ0) is 16.9. The Balaban J connectivity index is 2.00. The number of anilines is 3. The van der Waals surface area contributed by atoms with Crippen molar-refractivity contribution >= 4 is 17.5 Å². The van der Waals surface area contributed by atoms with Crippen LogP contribution in [0.4, 0.5) is 17.5 Å². The van der Waals surface area contributed by atoms with Crippen LogP contribution in [0.5, 0.6) is 0 Å². The summed E-state index contributed by atoms with van der Waals surface area (Å²) in [6.07, 6.45) is 1.74. The molecule has 3 aromatic heterocycles. The van der Waals surface area contributed by atoms with E-state index in [0.29, 0.717) is 11.6 Å². The van der Waals surface area contributed by atoms with Gasteiger partial charge >= 0.3 is 0 Å². The van der Waals surface area contributed by atoms with Crippen molar-refractivity contribution in [1.82, 2.24) is 19.9 Å². The Kier molecular flexibility index (Phi) is 4.65. The summed E-state index contributed by atoms with van der Waals surface area (Å²) in [5, 5.41) is 6.53. The zero-order valence-electron chi connectivity index (χ0n) is 14.0. The fraction of sp³-hybridized carbons (Fsp3) is 0.222. The molecule has 0 unspecified atom stereocenters. The minimum absolute atomic E-state index is 0.265. The predicted molar refractivity (Wildman–Crippen MR) is 96.3 cm³/mol. The number of hydrogen-bond acceptors (Lipinski definition) is 6. The number of hydrogen-bond donors (Lipinski definition) is 2. The summed E-state index contributed by atoms with van der Waals surface area (Å²) in [5.41, 5.74) is 1.67. The molecule has 0 aliphatic carbocycles. The molecule has 0 fully saturated rings. The Morgan fingerprint density at radius 2 is 1.71 bits per heavy atom. The second-order valence-corrected chi connectivity index (χ2v) is 5.77. The van der Waals surface area contributed by atoms with Gasteiger partial charge in [0.1, 0.15) is 23.1 Å². The van der Waals surface area contributed by atoms with Crippen molar-refractivity contribution in [3.63, 3.8) is 0 Å². The van der Waals surface area contributed by atoms with E-state index in [1.807, 2.05) is 49.4 Å². The Morgan fingerprint density at radius 1 is 0.875 bits per heavy atom. The van der Waals surface area contributed by atoms with E-state index in [1.165, 1.54) is 0 Å². The molecule has 0 spiro atoms. The summed E-state index contributed by atoms with van der Waals surface area (Å²) in [4.78, 5) is 18.0. The number of pyridine rings is 2. The van der Waals surface area contributed by atoms with E-state index in [-0.39, 0.29) is 6.04 Å². The molecule has 6 heteroatoms. The summed E-state index contributed by atoms with van der Waals surface area (Å²) in [7, 11) is 0. The molecule has 0 saturated carbocycles. The molecule has 0 bridgehead atoms. The van der Waals surface area contributed by atoms with Crippen molar-refractivity contribution in [3.8, 4) is 11.5 Å². The van der Waals surface area contributed by atoms with Gasteiger partial charge in [-0.25, -0.2) is 19.9 Å². The molecule has 0 amide bonds. The number of nitrogens with one attached hydrogen (secondary N) is 2. The van der Waals surface area contributed by atoms with Crippen LogP contribution in [0.15, 0.2) is 48.7 Å². The maximum absolute atomic E-state index is 4.58. The van der Waals surface area contributed by atoms with Crippen LogP contribution in [-0.2, 0) is 0 Å². The Morgan fingerprint density at radius 3 is 2.42 bits per heavy atom. The minimum Gasteiger partial charge on any atom is -0.368 e. The van der Waals surface area contributed by atoms with Gasteiger partial charge in [-0.3, -0.25) is 0 Å². The molecular formula is C18H20N6. The predicted octanol–water partition coefficient (Wildman–Crippen LogP) is 3.81. The lowest BCUT2D eigenvalue weighted by molar-refractivity contribution is 0.887. The molecule has 6 nitrogen and oxygen atoms in total. The van der Waals surface area contributed by atoms with Crippen molar-refractivity contribution in [2.45, 2.75) is 26.8 Å². The van der Waals surface area contributed by atoms with Gasteiger partial charge in [-0.15, -0.1) is 0 Å². The second kappa shape index (κ2) is 7.04. The maximum Gasteiger partial charge on any atom is 0.182 e. The summed E-state index contributed by atoms with van der Waals surface area (Å²) in [6.45, 7) is 6.09. The Hall–Kier alpha value is -3.02. The van der Waals surface area contributed by atoms with Crippen LogP contribution in [0.3, 0.4) is 0 Å². The third kappa shape index (κ3) is 4.04. The molecule has 0 aromatic carbocycles. The van der Waals surface area contributed by atoms with Crippen LogP contribution in [0.1, 0.15) is 19.5 Å².